The molecule has 0 N–H and O–H groups in total. The van der Waals surface area contributed by atoms with Crippen LogP contribution in [0.3, 0.4) is 0 Å². The highest BCUT2D eigenvalue weighted by atomic mass is 19.4. The van der Waals surface area contributed by atoms with Gasteiger partial charge in [0.05, 0.1) is 25.5 Å². The molecule has 8 heteroatoms. The van der Waals surface area contributed by atoms with Crippen LogP contribution in [0.5, 0.6) is 11.5 Å². The molecule has 0 radical (unpaired) electrons. The van der Waals surface area contributed by atoms with Crippen LogP contribution in [0.2, 0.25) is 0 Å². The van der Waals surface area contributed by atoms with Gasteiger partial charge < -0.3 is 9.47 Å². The molecule has 0 unspecified atom stereocenters. The summed E-state index contributed by atoms with van der Waals surface area (Å²) in [5.74, 6) is 0.506. The molecule has 3 aromatic carbocycles. The summed E-state index contributed by atoms with van der Waals surface area (Å²) in [6.07, 6.45) is 0.00186. The highest BCUT2D eigenvalue weighted by Crippen LogP contribution is 2.34. The molecule has 4 rings (SSSR count). The maximum absolute atomic E-state index is 13.0. The van der Waals surface area contributed by atoms with E-state index in [1.807, 2.05) is 36.4 Å². The molecule has 0 atom stereocenters. The van der Waals surface area contributed by atoms with Gasteiger partial charge in [0.15, 0.2) is 17.3 Å². The van der Waals surface area contributed by atoms with Gasteiger partial charge in [-0.05, 0) is 54.6 Å². The van der Waals surface area contributed by atoms with E-state index < -0.39 is 17.5 Å². The molecule has 0 saturated carbocycles. The van der Waals surface area contributed by atoms with Crippen LogP contribution in [0, 0.1) is 0 Å². The zero-order valence-corrected chi connectivity index (χ0v) is 18.9. The van der Waals surface area contributed by atoms with Crippen molar-refractivity contribution in [2.45, 2.75) is 6.18 Å². The molecule has 1 aromatic heterocycles. The fourth-order valence-corrected chi connectivity index (χ4v) is 3.54. The lowest BCUT2D eigenvalue weighted by Gasteiger charge is -2.09. The second-order valence-corrected chi connectivity index (χ2v) is 7.56. The van der Waals surface area contributed by atoms with Crippen molar-refractivity contribution in [2.24, 2.45) is 0 Å². The van der Waals surface area contributed by atoms with Crippen molar-refractivity contribution in [3.8, 4) is 28.4 Å². The Balaban J connectivity index is 1.74. The highest BCUT2D eigenvalue weighted by Gasteiger charge is 2.30. The van der Waals surface area contributed by atoms with Crippen LogP contribution >= 0.6 is 0 Å². The maximum Gasteiger partial charge on any atom is 0.416 e. The Hall–Kier alpha value is -4.33. The molecular formula is C27H21F3N2O3. The molecule has 0 spiro atoms. The van der Waals surface area contributed by atoms with Crippen LogP contribution in [0.25, 0.3) is 23.0 Å². The summed E-state index contributed by atoms with van der Waals surface area (Å²) in [6.45, 7) is 0. The van der Waals surface area contributed by atoms with Gasteiger partial charge >= 0.3 is 6.18 Å². The monoisotopic (exact) mass is 478 g/mol. The van der Waals surface area contributed by atoms with Crippen LogP contribution in [0.1, 0.15) is 21.5 Å². The molecule has 5 nitrogen and oxygen atoms in total. The number of carbonyl (C=O) groups is 1. The van der Waals surface area contributed by atoms with Gasteiger partial charge in [0.2, 0.25) is 0 Å². The third kappa shape index (κ3) is 5.27. The van der Waals surface area contributed by atoms with E-state index >= 15 is 0 Å². The normalized spacial score (nSPS) is 11.6. The van der Waals surface area contributed by atoms with Crippen molar-refractivity contribution in [3.05, 3.63) is 102 Å². The minimum absolute atomic E-state index is 0.0563. The van der Waals surface area contributed by atoms with Gasteiger partial charge in [-0.25, -0.2) is 4.68 Å². The molecule has 35 heavy (non-hydrogen) atoms. The van der Waals surface area contributed by atoms with Gasteiger partial charge in [-0.3, -0.25) is 4.79 Å². The first-order valence-electron chi connectivity index (χ1n) is 10.6. The van der Waals surface area contributed by atoms with E-state index in [1.54, 1.807) is 29.1 Å². The first kappa shape index (κ1) is 23.8. The van der Waals surface area contributed by atoms with Crippen LogP contribution in [-0.2, 0) is 6.18 Å². The van der Waals surface area contributed by atoms with Crippen molar-refractivity contribution < 1.29 is 27.4 Å². The Morgan fingerprint density at radius 3 is 2.34 bits per heavy atom. The number of benzene rings is 3. The van der Waals surface area contributed by atoms with Crippen molar-refractivity contribution in [1.82, 2.24) is 9.78 Å². The minimum Gasteiger partial charge on any atom is -0.493 e. The Morgan fingerprint density at radius 2 is 1.66 bits per heavy atom. The number of rotatable bonds is 7. The lowest BCUT2D eigenvalue weighted by molar-refractivity contribution is -0.137. The predicted octanol–water partition coefficient (Wildman–Crippen LogP) is 6.47. The lowest BCUT2D eigenvalue weighted by atomic mass is 10.0. The smallest absolute Gasteiger partial charge is 0.416 e. The lowest BCUT2D eigenvalue weighted by Crippen LogP contribution is -2.06. The maximum atomic E-state index is 13.0. The topological polar surface area (TPSA) is 53.4 Å². The fourth-order valence-electron chi connectivity index (χ4n) is 3.54. The average molecular weight is 478 g/mol. The van der Waals surface area contributed by atoms with Gasteiger partial charge in [-0.1, -0.05) is 30.3 Å². The first-order chi connectivity index (χ1) is 16.8. The third-order valence-corrected chi connectivity index (χ3v) is 5.31. The molecule has 0 amide bonds. The van der Waals surface area contributed by atoms with Gasteiger partial charge in [-0.15, -0.1) is 0 Å². The van der Waals surface area contributed by atoms with Crippen LogP contribution < -0.4 is 9.47 Å². The van der Waals surface area contributed by atoms with E-state index in [0.29, 0.717) is 28.3 Å². The highest BCUT2D eigenvalue weighted by molar-refractivity contribution is 6.07. The van der Waals surface area contributed by atoms with Gasteiger partial charge in [-0.2, -0.15) is 18.3 Å². The largest absolute Gasteiger partial charge is 0.493 e. The Labute approximate surface area is 200 Å². The second-order valence-electron chi connectivity index (χ2n) is 7.56. The van der Waals surface area contributed by atoms with E-state index in [0.717, 1.165) is 17.8 Å². The fraction of sp³-hybridized carbons (Fsp3) is 0.111. The van der Waals surface area contributed by atoms with E-state index in [9.17, 15) is 18.0 Å². The SMILES string of the molecule is COc1ccc(-c2nn(-c3ccccc3)cc2/C=C\C(=O)c2cccc(C(F)(F)F)c2)cc1OC. The molecule has 178 valence electrons. The number of methoxy groups -OCH3 is 2. The molecule has 0 saturated heterocycles. The number of carbonyl (C=O) groups excluding carboxylic acids is 1. The number of halogens is 3. The summed E-state index contributed by atoms with van der Waals surface area (Å²) in [5, 5.41) is 4.69. The number of ether oxygens (including phenoxy) is 2. The van der Waals surface area contributed by atoms with Gasteiger partial charge in [0.25, 0.3) is 0 Å². The van der Waals surface area contributed by atoms with E-state index in [-0.39, 0.29) is 5.56 Å². The summed E-state index contributed by atoms with van der Waals surface area (Å²) in [5.41, 5.74) is 1.74. The molecule has 0 bridgehead atoms. The number of nitrogens with zero attached hydrogens (tertiary/aromatic N) is 2. The van der Waals surface area contributed by atoms with E-state index in [2.05, 4.69) is 5.10 Å². The van der Waals surface area contributed by atoms with E-state index in [4.69, 9.17) is 9.47 Å². The number of aromatic nitrogens is 2. The zero-order chi connectivity index (χ0) is 25.0. The van der Waals surface area contributed by atoms with Crippen molar-refractivity contribution in [2.75, 3.05) is 14.2 Å². The molecule has 0 aliphatic rings. The molecule has 0 aliphatic heterocycles. The van der Waals surface area contributed by atoms with Crippen LogP contribution in [-0.4, -0.2) is 29.8 Å². The molecule has 4 aromatic rings. The summed E-state index contributed by atoms with van der Waals surface area (Å²) < 4.78 is 51.5. The Kier molecular flexibility index (Phi) is 6.73. The number of hydrogen-bond acceptors (Lipinski definition) is 4. The number of ketones is 1. The van der Waals surface area contributed by atoms with E-state index in [1.165, 1.54) is 32.4 Å². The summed E-state index contributed by atoms with van der Waals surface area (Å²) >= 11 is 0. The van der Waals surface area contributed by atoms with Gasteiger partial charge in [0, 0.05) is 22.9 Å². The minimum atomic E-state index is -4.53. The summed E-state index contributed by atoms with van der Waals surface area (Å²) in [7, 11) is 3.06. The van der Waals surface area contributed by atoms with Crippen molar-refractivity contribution in [1.29, 1.82) is 0 Å². The number of para-hydroxylation sites is 1. The van der Waals surface area contributed by atoms with Crippen LogP contribution in [0.4, 0.5) is 13.2 Å². The number of alkyl halides is 3. The van der Waals surface area contributed by atoms with Crippen molar-refractivity contribution >= 4 is 11.9 Å². The first-order valence-corrected chi connectivity index (χ1v) is 10.6. The Bertz CT molecular complexity index is 1380. The quantitative estimate of drug-likeness (QED) is 0.226. The Morgan fingerprint density at radius 1 is 0.914 bits per heavy atom. The summed E-state index contributed by atoms with van der Waals surface area (Å²) in [4.78, 5) is 12.7. The predicted molar refractivity (Wildman–Crippen MR) is 127 cm³/mol. The van der Waals surface area contributed by atoms with Crippen LogP contribution in [0.15, 0.2) is 85.1 Å². The van der Waals surface area contributed by atoms with Gasteiger partial charge in [0.1, 0.15) is 5.69 Å². The number of hydrogen-bond donors (Lipinski definition) is 0. The number of allylic oxidation sites excluding steroid dienone is 1. The summed E-state index contributed by atoms with van der Waals surface area (Å²) in [6, 6.07) is 19.1. The van der Waals surface area contributed by atoms with Crippen molar-refractivity contribution in [3.63, 3.8) is 0 Å². The molecule has 1 heterocycles. The molecule has 0 aliphatic carbocycles. The standard InChI is InChI=1S/C27H21F3N2O3/c1-34-24-14-12-19(16-25(24)35-2)26-20(17-32(31-26)22-9-4-3-5-10-22)11-13-23(33)18-7-6-8-21(15-18)27(28,29)30/h3-17H,1-2H3/b13-11-. The molecular weight excluding hydrogens is 457 g/mol. The molecule has 0 fully saturated rings. The third-order valence-electron chi connectivity index (χ3n) is 5.31. The average Bonchev–Trinajstić information content (AvgIpc) is 3.31. The zero-order valence-electron chi connectivity index (χ0n) is 18.9. The second kappa shape index (κ2) is 9.89.